The highest BCUT2D eigenvalue weighted by atomic mass is 16.3. The summed E-state index contributed by atoms with van der Waals surface area (Å²) in [5, 5.41) is 13.4. The first-order valence-corrected chi connectivity index (χ1v) is 6.11. The van der Waals surface area contributed by atoms with E-state index in [0.717, 1.165) is 10.9 Å². The van der Waals surface area contributed by atoms with Gasteiger partial charge in [0, 0.05) is 29.2 Å². The molecule has 1 aromatic carbocycles. The average molecular weight is 246 g/mol. The van der Waals surface area contributed by atoms with Gasteiger partial charge in [0.15, 0.2) is 0 Å². The SMILES string of the molecule is CC(C)C(O)CNC(=O)c1ccc2[nH]ccc2c1. The van der Waals surface area contributed by atoms with E-state index in [9.17, 15) is 9.90 Å². The molecule has 0 saturated carbocycles. The second-order valence-electron chi connectivity index (χ2n) is 4.80. The van der Waals surface area contributed by atoms with Crippen molar-refractivity contribution in [3.8, 4) is 0 Å². The zero-order valence-electron chi connectivity index (χ0n) is 10.6. The molecule has 0 fully saturated rings. The van der Waals surface area contributed by atoms with Crippen LogP contribution in [-0.2, 0) is 0 Å². The molecule has 0 aliphatic rings. The number of fused-ring (bicyclic) bond motifs is 1. The third-order valence-corrected chi connectivity index (χ3v) is 3.06. The molecule has 2 aromatic rings. The van der Waals surface area contributed by atoms with E-state index in [-0.39, 0.29) is 18.4 Å². The minimum Gasteiger partial charge on any atom is -0.391 e. The van der Waals surface area contributed by atoms with Gasteiger partial charge in [0.25, 0.3) is 5.91 Å². The Morgan fingerprint density at radius 1 is 1.39 bits per heavy atom. The Labute approximate surface area is 106 Å². The predicted octanol–water partition coefficient (Wildman–Crippen LogP) is 1.91. The molecular formula is C14H18N2O2. The van der Waals surface area contributed by atoms with Gasteiger partial charge in [-0.3, -0.25) is 4.79 Å². The number of rotatable bonds is 4. The molecule has 3 N–H and O–H groups in total. The van der Waals surface area contributed by atoms with Gasteiger partial charge in [-0.2, -0.15) is 0 Å². The molecule has 1 amide bonds. The number of aliphatic hydroxyl groups is 1. The number of amides is 1. The molecule has 0 aliphatic carbocycles. The molecule has 0 bridgehead atoms. The molecule has 2 rings (SSSR count). The van der Waals surface area contributed by atoms with Crippen molar-refractivity contribution in [3.05, 3.63) is 36.0 Å². The first kappa shape index (κ1) is 12.6. The van der Waals surface area contributed by atoms with E-state index < -0.39 is 6.10 Å². The van der Waals surface area contributed by atoms with E-state index in [0.29, 0.717) is 5.56 Å². The molecular weight excluding hydrogens is 228 g/mol. The van der Waals surface area contributed by atoms with Gasteiger partial charge >= 0.3 is 0 Å². The fraction of sp³-hybridized carbons (Fsp3) is 0.357. The van der Waals surface area contributed by atoms with Crippen molar-refractivity contribution in [1.82, 2.24) is 10.3 Å². The minimum absolute atomic E-state index is 0.137. The van der Waals surface area contributed by atoms with E-state index in [1.807, 2.05) is 38.2 Å². The first-order valence-electron chi connectivity index (χ1n) is 6.11. The molecule has 1 atom stereocenters. The number of nitrogens with one attached hydrogen (secondary N) is 2. The summed E-state index contributed by atoms with van der Waals surface area (Å²) in [6.07, 6.45) is 1.33. The molecule has 1 aromatic heterocycles. The van der Waals surface area contributed by atoms with Gasteiger partial charge < -0.3 is 15.4 Å². The van der Waals surface area contributed by atoms with Crippen LogP contribution in [0.5, 0.6) is 0 Å². The minimum atomic E-state index is -0.509. The van der Waals surface area contributed by atoms with E-state index >= 15 is 0 Å². The molecule has 1 heterocycles. The number of hydrogen-bond donors (Lipinski definition) is 3. The van der Waals surface area contributed by atoms with Crippen LogP contribution < -0.4 is 5.32 Å². The van der Waals surface area contributed by atoms with Crippen LogP contribution in [0, 0.1) is 5.92 Å². The van der Waals surface area contributed by atoms with Gasteiger partial charge in [0.1, 0.15) is 0 Å². The summed E-state index contributed by atoms with van der Waals surface area (Å²) < 4.78 is 0. The van der Waals surface area contributed by atoms with Crippen LogP contribution in [0.1, 0.15) is 24.2 Å². The molecule has 0 saturated heterocycles. The Hall–Kier alpha value is -1.81. The summed E-state index contributed by atoms with van der Waals surface area (Å²) >= 11 is 0. The third-order valence-electron chi connectivity index (χ3n) is 3.06. The van der Waals surface area contributed by atoms with Gasteiger partial charge in [-0.05, 0) is 30.2 Å². The lowest BCUT2D eigenvalue weighted by atomic mass is 10.1. The van der Waals surface area contributed by atoms with E-state index in [4.69, 9.17) is 0 Å². The lowest BCUT2D eigenvalue weighted by molar-refractivity contribution is 0.0872. The Bertz CT molecular complexity index is 545. The van der Waals surface area contributed by atoms with Crippen molar-refractivity contribution in [2.75, 3.05) is 6.54 Å². The molecule has 18 heavy (non-hydrogen) atoms. The second kappa shape index (κ2) is 5.23. The van der Waals surface area contributed by atoms with Gasteiger partial charge in [0.05, 0.1) is 6.10 Å². The van der Waals surface area contributed by atoms with Crippen molar-refractivity contribution >= 4 is 16.8 Å². The fourth-order valence-corrected chi connectivity index (χ4v) is 1.73. The number of aromatic nitrogens is 1. The highest BCUT2D eigenvalue weighted by Crippen LogP contribution is 2.14. The zero-order valence-corrected chi connectivity index (χ0v) is 10.6. The molecule has 0 spiro atoms. The maximum atomic E-state index is 11.9. The molecule has 4 nitrogen and oxygen atoms in total. The number of carbonyl (C=O) groups excluding carboxylic acids is 1. The summed E-state index contributed by atoms with van der Waals surface area (Å²) in [5.74, 6) is -0.0183. The Morgan fingerprint density at radius 3 is 2.89 bits per heavy atom. The van der Waals surface area contributed by atoms with E-state index in [1.165, 1.54) is 0 Å². The van der Waals surface area contributed by atoms with Crippen LogP contribution in [0.15, 0.2) is 30.5 Å². The van der Waals surface area contributed by atoms with Gasteiger partial charge in [-0.15, -0.1) is 0 Å². The van der Waals surface area contributed by atoms with E-state index in [1.54, 1.807) is 6.07 Å². The van der Waals surface area contributed by atoms with Gasteiger partial charge in [-0.25, -0.2) is 0 Å². The van der Waals surface area contributed by atoms with Gasteiger partial charge in [0.2, 0.25) is 0 Å². The van der Waals surface area contributed by atoms with Crippen molar-refractivity contribution < 1.29 is 9.90 Å². The normalized spacial score (nSPS) is 12.9. The monoisotopic (exact) mass is 246 g/mol. The summed E-state index contributed by atoms with van der Waals surface area (Å²) in [6.45, 7) is 4.12. The summed E-state index contributed by atoms with van der Waals surface area (Å²) in [5.41, 5.74) is 1.62. The maximum Gasteiger partial charge on any atom is 0.251 e. The summed E-state index contributed by atoms with van der Waals surface area (Å²) in [7, 11) is 0. The summed E-state index contributed by atoms with van der Waals surface area (Å²) in [4.78, 5) is 15.0. The lowest BCUT2D eigenvalue weighted by Gasteiger charge is -2.15. The standard InChI is InChI=1S/C14H18N2O2/c1-9(2)13(17)8-16-14(18)11-3-4-12-10(7-11)5-6-15-12/h3-7,9,13,15,17H,8H2,1-2H3,(H,16,18). The lowest BCUT2D eigenvalue weighted by Crippen LogP contribution is -2.34. The maximum absolute atomic E-state index is 11.9. The Balaban J connectivity index is 2.04. The van der Waals surface area contributed by atoms with Crippen LogP contribution in [-0.4, -0.2) is 28.6 Å². The average Bonchev–Trinajstić information content (AvgIpc) is 2.82. The van der Waals surface area contributed by atoms with Crippen molar-refractivity contribution in [3.63, 3.8) is 0 Å². The van der Waals surface area contributed by atoms with Crippen molar-refractivity contribution in [2.24, 2.45) is 5.92 Å². The van der Waals surface area contributed by atoms with Crippen molar-refractivity contribution in [2.45, 2.75) is 20.0 Å². The topological polar surface area (TPSA) is 65.1 Å². The first-order chi connectivity index (χ1) is 8.58. The Kier molecular flexibility index (Phi) is 3.67. The second-order valence-corrected chi connectivity index (χ2v) is 4.80. The number of carbonyl (C=O) groups is 1. The molecule has 96 valence electrons. The highest BCUT2D eigenvalue weighted by molar-refractivity contribution is 5.98. The number of H-pyrrole nitrogens is 1. The molecule has 4 heteroatoms. The number of benzene rings is 1. The number of aromatic amines is 1. The largest absolute Gasteiger partial charge is 0.391 e. The highest BCUT2D eigenvalue weighted by Gasteiger charge is 2.12. The fourth-order valence-electron chi connectivity index (χ4n) is 1.73. The summed E-state index contributed by atoms with van der Waals surface area (Å²) in [6, 6.07) is 7.41. The molecule has 0 aliphatic heterocycles. The zero-order chi connectivity index (χ0) is 13.1. The Morgan fingerprint density at radius 2 is 2.17 bits per heavy atom. The molecule has 1 unspecified atom stereocenters. The smallest absolute Gasteiger partial charge is 0.251 e. The van der Waals surface area contributed by atoms with Crippen molar-refractivity contribution in [1.29, 1.82) is 0 Å². The van der Waals surface area contributed by atoms with Crippen LogP contribution in [0.4, 0.5) is 0 Å². The van der Waals surface area contributed by atoms with Crippen LogP contribution in [0.25, 0.3) is 10.9 Å². The van der Waals surface area contributed by atoms with Gasteiger partial charge in [-0.1, -0.05) is 13.8 Å². The number of hydrogen-bond acceptors (Lipinski definition) is 2. The van der Waals surface area contributed by atoms with Crippen LogP contribution >= 0.6 is 0 Å². The van der Waals surface area contributed by atoms with Crippen LogP contribution in [0.3, 0.4) is 0 Å². The third kappa shape index (κ3) is 2.71. The van der Waals surface area contributed by atoms with E-state index in [2.05, 4.69) is 10.3 Å². The predicted molar refractivity (Wildman–Crippen MR) is 71.5 cm³/mol. The van der Waals surface area contributed by atoms with Crippen LogP contribution in [0.2, 0.25) is 0 Å². The molecule has 0 radical (unpaired) electrons. The number of aliphatic hydroxyl groups excluding tert-OH is 1. The quantitative estimate of drug-likeness (QED) is 0.771.